The van der Waals surface area contributed by atoms with Crippen molar-refractivity contribution in [1.29, 1.82) is 0 Å². The van der Waals surface area contributed by atoms with Gasteiger partial charge in [0.25, 0.3) is 10.0 Å². The van der Waals surface area contributed by atoms with Crippen LogP contribution in [0, 0.1) is 0 Å². The Morgan fingerprint density at radius 2 is 2.21 bits per heavy atom. The number of sulfonamides is 1. The van der Waals surface area contributed by atoms with E-state index in [1.165, 1.54) is 15.6 Å². The van der Waals surface area contributed by atoms with Crippen molar-refractivity contribution in [2.75, 3.05) is 6.54 Å². The number of hydrogen-bond acceptors (Lipinski definition) is 5. The first kappa shape index (κ1) is 13.0. The van der Waals surface area contributed by atoms with E-state index in [2.05, 4.69) is 10.2 Å². The lowest BCUT2D eigenvalue weighted by atomic mass is 10.4. The molecule has 1 aliphatic heterocycles. The summed E-state index contributed by atoms with van der Waals surface area (Å²) in [4.78, 5) is 0.848. The third kappa shape index (κ3) is 2.29. The summed E-state index contributed by atoms with van der Waals surface area (Å²) in [6.45, 7) is 1.27. The molecule has 1 aliphatic rings. The van der Waals surface area contributed by atoms with Gasteiger partial charge < -0.3 is 4.57 Å². The van der Waals surface area contributed by atoms with Crippen LogP contribution in [0.5, 0.6) is 0 Å². The molecule has 0 aromatic carbocycles. The molecule has 0 amide bonds. The summed E-state index contributed by atoms with van der Waals surface area (Å²) >= 11 is 6.92. The summed E-state index contributed by atoms with van der Waals surface area (Å²) in [7, 11) is -3.46. The Bertz CT molecular complexity index is 694. The highest BCUT2D eigenvalue weighted by Crippen LogP contribution is 2.27. The van der Waals surface area contributed by atoms with Crippen molar-refractivity contribution in [3.05, 3.63) is 29.2 Å². The second kappa shape index (κ2) is 4.86. The molecule has 0 atom stereocenters. The molecule has 0 saturated heterocycles. The van der Waals surface area contributed by atoms with Crippen molar-refractivity contribution in [2.24, 2.45) is 0 Å². The van der Waals surface area contributed by atoms with Gasteiger partial charge in [0.2, 0.25) is 0 Å². The Hall–Kier alpha value is -0.960. The minimum absolute atomic E-state index is 0.260. The van der Waals surface area contributed by atoms with Crippen molar-refractivity contribution >= 4 is 33.0 Å². The van der Waals surface area contributed by atoms with Crippen LogP contribution < -0.4 is 0 Å². The van der Waals surface area contributed by atoms with Gasteiger partial charge in [-0.1, -0.05) is 0 Å². The van der Waals surface area contributed by atoms with Gasteiger partial charge >= 0.3 is 0 Å². The highest BCUT2D eigenvalue weighted by atomic mass is 35.5. The smallest absolute Gasteiger partial charge is 0.253 e. The van der Waals surface area contributed by atoms with Gasteiger partial charge in [-0.2, -0.15) is 4.31 Å². The molecule has 6 nitrogen and oxygen atoms in total. The first-order chi connectivity index (χ1) is 9.11. The number of fused-ring (bicyclic) bond motifs is 1. The van der Waals surface area contributed by atoms with Gasteiger partial charge in [0.15, 0.2) is 0 Å². The molecule has 0 unspecified atom stereocenters. The lowest BCUT2D eigenvalue weighted by molar-refractivity contribution is 0.336. The summed E-state index contributed by atoms with van der Waals surface area (Å²) in [6, 6.07) is 3.36. The van der Waals surface area contributed by atoms with Crippen molar-refractivity contribution in [2.45, 2.75) is 23.2 Å². The maximum absolute atomic E-state index is 12.5. The molecular formula is C10H11ClN4O2S2. The van der Waals surface area contributed by atoms with Crippen LogP contribution in [0.1, 0.15) is 10.7 Å². The third-order valence-corrected chi connectivity index (χ3v) is 6.81. The van der Waals surface area contributed by atoms with E-state index in [-0.39, 0.29) is 6.54 Å². The summed E-state index contributed by atoms with van der Waals surface area (Å²) in [5.41, 5.74) is 0. The maximum Gasteiger partial charge on any atom is 0.253 e. The Kier molecular flexibility index (Phi) is 3.34. The average Bonchev–Trinajstić information content (AvgIpc) is 3.06. The predicted molar refractivity (Wildman–Crippen MR) is 71.5 cm³/mol. The molecule has 0 saturated carbocycles. The highest BCUT2D eigenvalue weighted by Gasteiger charge is 2.30. The molecule has 0 aliphatic carbocycles. The van der Waals surface area contributed by atoms with E-state index in [4.69, 9.17) is 11.6 Å². The molecule has 9 heteroatoms. The van der Waals surface area contributed by atoms with E-state index in [0.29, 0.717) is 29.0 Å². The normalized spacial score (nSPS) is 16.5. The van der Waals surface area contributed by atoms with Crippen molar-refractivity contribution in [3.8, 4) is 0 Å². The SMILES string of the molecule is O=S(=O)(c1ccc(CCl)s1)N1CCn2cnnc2C1. The Labute approximate surface area is 119 Å². The molecular weight excluding hydrogens is 308 g/mol. The number of nitrogens with zero attached hydrogens (tertiary/aromatic N) is 4. The lowest BCUT2D eigenvalue weighted by Crippen LogP contribution is -2.37. The van der Waals surface area contributed by atoms with E-state index in [1.807, 2.05) is 4.57 Å². The first-order valence-corrected chi connectivity index (χ1v) is 8.42. The molecule has 0 fully saturated rings. The van der Waals surface area contributed by atoms with Gasteiger partial charge in [0.1, 0.15) is 16.4 Å². The van der Waals surface area contributed by atoms with E-state index in [0.717, 1.165) is 4.88 Å². The summed E-state index contributed by atoms with van der Waals surface area (Å²) < 4.78 is 28.6. The minimum atomic E-state index is -3.46. The fourth-order valence-corrected chi connectivity index (χ4v) is 4.94. The number of rotatable bonds is 3. The molecule has 0 spiro atoms. The fourth-order valence-electron chi connectivity index (χ4n) is 1.95. The Morgan fingerprint density at radius 1 is 1.37 bits per heavy atom. The van der Waals surface area contributed by atoms with E-state index in [9.17, 15) is 8.42 Å². The molecule has 0 bridgehead atoms. The molecule has 19 heavy (non-hydrogen) atoms. The van der Waals surface area contributed by atoms with Crippen LogP contribution in [0.25, 0.3) is 0 Å². The topological polar surface area (TPSA) is 68.1 Å². The van der Waals surface area contributed by atoms with Gasteiger partial charge in [-0.3, -0.25) is 0 Å². The van der Waals surface area contributed by atoms with Crippen LogP contribution in [-0.4, -0.2) is 34.0 Å². The molecule has 3 heterocycles. The van der Waals surface area contributed by atoms with Crippen LogP contribution in [0.2, 0.25) is 0 Å². The van der Waals surface area contributed by atoms with E-state index >= 15 is 0 Å². The second-order valence-corrected chi connectivity index (χ2v) is 7.73. The molecule has 102 valence electrons. The van der Waals surface area contributed by atoms with E-state index in [1.54, 1.807) is 18.5 Å². The Balaban J connectivity index is 1.89. The number of alkyl halides is 1. The van der Waals surface area contributed by atoms with Crippen LogP contribution in [0.15, 0.2) is 22.7 Å². The van der Waals surface area contributed by atoms with Crippen LogP contribution in [0.4, 0.5) is 0 Å². The zero-order chi connectivity index (χ0) is 13.5. The maximum atomic E-state index is 12.5. The number of halogens is 1. The molecule has 3 rings (SSSR count). The molecule has 0 N–H and O–H groups in total. The first-order valence-electron chi connectivity index (χ1n) is 5.63. The molecule has 2 aromatic rings. The third-order valence-electron chi connectivity index (χ3n) is 2.97. The Morgan fingerprint density at radius 3 is 2.95 bits per heavy atom. The van der Waals surface area contributed by atoms with Gasteiger partial charge in [-0.25, -0.2) is 8.42 Å². The standard InChI is InChI=1S/C10H11ClN4O2S2/c11-5-8-1-2-10(18-8)19(16,17)15-4-3-14-7-12-13-9(14)6-15/h1-2,7H,3-6H2. The summed E-state index contributed by atoms with van der Waals surface area (Å²) in [5.74, 6) is 0.998. The van der Waals surface area contributed by atoms with Crippen molar-refractivity contribution in [1.82, 2.24) is 19.1 Å². The minimum Gasteiger partial charge on any atom is -0.315 e. The van der Waals surface area contributed by atoms with Crippen molar-refractivity contribution in [3.63, 3.8) is 0 Å². The number of hydrogen-bond donors (Lipinski definition) is 0. The fraction of sp³-hybridized carbons (Fsp3) is 0.400. The van der Waals surface area contributed by atoms with Crippen LogP contribution in [0.3, 0.4) is 0 Å². The van der Waals surface area contributed by atoms with E-state index < -0.39 is 10.0 Å². The zero-order valence-corrected chi connectivity index (χ0v) is 12.2. The quantitative estimate of drug-likeness (QED) is 0.800. The van der Waals surface area contributed by atoms with Gasteiger partial charge in [0, 0.05) is 18.0 Å². The molecule has 0 radical (unpaired) electrons. The van der Waals surface area contributed by atoms with Gasteiger partial charge in [-0.05, 0) is 12.1 Å². The largest absolute Gasteiger partial charge is 0.315 e. The van der Waals surface area contributed by atoms with Crippen molar-refractivity contribution < 1.29 is 8.42 Å². The number of thiophene rings is 1. The summed E-state index contributed by atoms with van der Waals surface area (Å²) in [6.07, 6.45) is 1.62. The van der Waals surface area contributed by atoms with Crippen LogP contribution >= 0.6 is 22.9 Å². The zero-order valence-electron chi connectivity index (χ0n) is 9.86. The second-order valence-electron chi connectivity index (χ2n) is 4.13. The molecule has 2 aromatic heterocycles. The number of aromatic nitrogens is 3. The predicted octanol–water partition coefficient (Wildman–Crippen LogP) is 1.28. The van der Waals surface area contributed by atoms with Crippen LogP contribution in [-0.2, 0) is 29.0 Å². The summed E-state index contributed by atoms with van der Waals surface area (Å²) in [5, 5.41) is 7.71. The monoisotopic (exact) mass is 318 g/mol. The van der Waals surface area contributed by atoms with Gasteiger partial charge in [0.05, 0.1) is 12.4 Å². The van der Waals surface area contributed by atoms with Gasteiger partial charge in [-0.15, -0.1) is 33.1 Å². The average molecular weight is 319 g/mol. The highest BCUT2D eigenvalue weighted by molar-refractivity contribution is 7.91. The lowest BCUT2D eigenvalue weighted by Gasteiger charge is -2.25.